The van der Waals surface area contributed by atoms with Crippen molar-refractivity contribution in [3.8, 4) is 11.5 Å². The molecule has 1 atom stereocenters. The lowest BCUT2D eigenvalue weighted by atomic mass is 10.1. The Morgan fingerprint density at radius 3 is 2.10 bits per heavy atom. The molecular weight excluding hydrogens is 542 g/mol. The van der Waals surface area contributed by atoms with Gasteiger partial charge in [-0.2, -0.15) is 0 Å². The number of nitrogens with one attached hydrogen (secondary N) is 1. The zero-order valence-corrected chi connectivity index (χ0v) is 25.3. The van der Waals surface area contributed by atoms with E-state index >= 15 is 0 Å². The van der Waals surface area contributed by atoms with Crippen molar-refractivity contribution in [2.75, 3.05) is 25.1 Å². The Balaban J connectivity index is 2.09. The number of anilines is 1. The second-order valence-electron chi connectivity index (χ2n) is 9.99. The number of benzene rings is 3. The van der Waals surface area contributed by atoms with Crippen molar-refractivity contribution < 1.29 is 27.5 Å². The van der Waals surface area contributed by atoms with Crippen molar-refractivity contribution in [3.05, 3.63) is 83.9 Å². The molecule has 0 aliphatic heterocycles. The van der Waals surface area contributed by atoms with Gasteiger partial charge in [0.05, 0.1) is 24.8 Å². The summed E-state index contributed by atoms with van der Waals surface area (Å²) in [7, 11) is -1.14. The fourth-order valence-electron chi connectivity index (χ4n) is 4.40. The van der Waals surface area contributed by atoms with Crippen LogP contribution in [0.15, 0.2) is 77.7 Å². The average Bonchev–Trinajstić information content (AvgIpc) is 2.95. The van der Waals surface area contributed by atoms with Crippen LogP contribution in [0.5, 0.6) is 11.5 Å². The number of aryl methyl sites for hydroxylation is 1. The number of ether oxygens (including phenoxy) is 2. The molecule has 41 heavy (non-hydrogen) atoms. The highest BCUT2D eigenvalue weighted by Crippen LogP contribution is 2.28. The molecule has 1 N–H and O–H groups in total. The summed E-state index contributed by atoms with van der Waals surface area (Å²) in [6, 6.07) is 19.2. The third-order valence-electron chi connectivity index (χ3n) is 6.53. The van der Waals surface area contributed by atoms with Gasteiger partial charge < -0.3 is 19.7 Å². The summed E-state index contributed by atoms with van der Waals surface area (Å²) in [6.45, 7) is 6.92. The number of carbonyl (C=O) groups is 2. The first-order valence-corrected chi connectivity index (χ1v) is 14.9. The van der Waals surface area contributed by atoms with Crippen LogP contribution in [0.2, 0.25) is 0 Å². The van der Waals surface area contributed by atoms with Crippen LogP contribution in [-0.4, -0.2) is 58.0 Å². The number of methoxy groups -OCH3 is 2. The first-order chi connectivity index (χ1) is 19.5. The van der Waals surface area contributed by atoms with Crippen LogP contribution in [0.1, 0.15) is 38.3 Å². The summed E-state index contributed by atoms with van der Waals surface area (Å²) in [5.41, 5.74) is 1.90. The predicted octanol–water partition coefficient (Wildman–Crippen LogP) is 4.54. The average molecular weight is 582 g/mol. The molecule has 0 aliphatic rings. The van der Waals surface area contributed by atoms with E-state index in [9.17, 15) is 18.0 Å². The summed E-state index contributed by atoms with van der Waals surface area (Å²) >= 11 is 0. The third kappa shape index (κ3) is 8.00. The minimum atomic E-state index is -4.17. The molecule has 220 valence electrons. The maximum atomic E-state index is 14.1. The van der Waals surface area contributed by atoms with Crippen LogP contribution in [0.25, 0.3) is 0 Å². The summed E-state index contributed by atoms with van der Waals surface area (Å²) in [5.74, 6) is 0.203. The number of hydrogen-bond donors (Lipinski definition) is 1. The van der Waals surface area contributed by atoms with E-state index in [1.165, 1.54) is 24.1 Å². The fraction of sp³-hybridized carbons (Fsp3) is 0.355. The molecule has 0 heterocycles. The number of sulfonamides is 1. The lowest BCUT2D eigenvalue weighted by Gasteiger charge is -2.33. The van der Waals surface area contributed by atoms with Crippen LogP contribution in [0.4, 0.5) is 5.69 Å². The van der Waals surface area contributed by atoms with Gasteiger partial charge in [-0.1, -0.05) is 42.8 Å². The second-order valence-corrected chi connectivity index (χ2v) is 11.8. The van der Waals surface area contributed by atoms with Crippen molar-refractivity contribution in [2.24, 2.45) is 0 Å². The van der Waals surface area contributed by atoms with E-state index in [1.807, 2.05) is 33.8 Å². The highest BCUT2D eigenvalue weighted by Gasteiger charge is 2.34. The van der Waals surface area contributed by atoms with Gasteiger partial charge in [0, 0.05) is 18.7 Å². The molecule has 0 aromatic heterocycles. The summed E-state index contributed by atoms with van der Waals surface area (Å²) in [6.07, 6.45) is 0.331. The van der Waals surface area contributed by atoms with Gasteiger partial charge in [0.15, 0.2) is 0 Å². The molecule has 0 spiro atoms. The molecule has 1 unspecified atom stereocenters. The van der Waals surface area contributed by atoms with Gasteiger partial charge >= 0.3 is 0 Å². The molecule has 9 nitrogen and oxygen atoms in total. The Kier molecular flexibility index (Phi) is 10.8. The van der Waals surface area contributed by atoms with Gasteiger partial charge in [-0.15, -0.1) is 0 Å². The fourth-order valence-corrected chi connectivity index (χ4v) is 5.81. The minimum absolute atomic E-state index is 0.0441. The van der Waals surface area contributed by atoms with Gasteiger partial charge in [-0.05, 0) is 69.2 Å². The molecule has 2 amide bonds. The Hall–Kier alpha value is -4.05. The first-order valence-electron chi connectivity index (χ1n) is 13.5. The maximum Gasteiger partial charge on any atom is 0.264 e. The molecule has 3 aromatic rings. The van der Waals surface area contributed by atoms with E-state index in [2.05, 4.69) is 5.32 Å². The molecule has 3 aromatic carbocycles. The van der Waals surface area contributed by atoms with Crippen LogP contribution in [0, 0.1) is 6.92 Å². The number of hydrogen-bond acceptors (Lipinski definition) is 6. The normalized spacial score (nSPS) is 12.0. The summed E-state index contributed by atoms with van der Waals surface area (Å²) < 4.78 is 39.7. The standard InChI is InChI=1S/C31H39N3O6S/c1-7-29(31(36)32-22(2)3)33(20-24-10-8-12-26(18-24)39-5)30(35)21-34(25-11-9-13-27(19-25)40-6)41(37,38)28-16-14-23(4)15-17-28/h8-19,22,29H,7,20-21H2,1-6H3,(H,32,36). The Morgan fingerprint density at radius 1 is 0.902 bits per heavy atom. The predicted molar refractivity (Wildman–Crippen MR) is 160 cm³/mol. The van der Waals surface area contributed by atoms with Gasteiger partial charge in [0.2, 0.25) is 11.8 Å². The highest BCUT2D eigenvalue weighted by atomic mass is 32.2. The topological polar surface area (TPSA) is 105 Å². The van der Waals surface area contributed by atoms with E-state index in [0.717, 1.165) is 15.4 Å². The van der Waals surface area contributed by atoms with Crippen molar-refractivity contribution >= 4 is 27.5 Å². The van der Waals surface area contributed by atoms with E-state index in [4.69, 9.17) is 9.47 Å². The van der Waals surface area contributed by atoms with Crippen molar-refractivity contribution in [1.82, 2.24) is 10.2 Å². The molecule has 0 saturated heterocycles. The number of amides is 2. The molecule has 10 heteroatoms. The molecular formula is C31H39N3O6S. The Morgan fingerprint density at radius 2 is 1.51 bits per heavy atom. The van der Waals surface area contributed by atoms with Gasteiger partial charge in [-0.25, -0.2) is 8.42 Å². The molecule has 0 fully saturated rings. The van der Waals surface area contributed by atoms with Crippen molar-refractivity contribution in [1.29, 1.82) is 0 Å². The van der Waals surface area contributed by atoms with Gasteiger partial charge in [0.1, 0.15) is 24.1 Å². The first kappa shape index (κ1) is 31.5. The minimum Gasteiger partial charge on any atom is -0.497 e. The largest absolute Gasteiger partial charge is 0.497 e. The quantitative estimate of drug-likeness (QED) is 0.318. The molecule has 0 aliphatic carbocycles. The molecule has 0 radical (unpaired) electrons. The van der Waals surface area contributed by atoms with Gasteiger partial charge in [-0.3, -0.25) is 13.9 Å². The van der Waals surface area contributed by atoms with E-state index in [0.29, 0.717) is 17.9 Å². The zero-order chi connectivity index (χ0) is 30.2. The van der Waals surface area contributed by atoms with Crippen LogP contribution < -0.4 is 19.1 Å². The molecule has 0 saturated carbocycles. The smallest absolute Gasteiger partial charge is 0.264 e. The van der Waals surface area contributed by atoms with Crippen LogP contribution >= 0.6 is 0 Å². The molecule has 0 bridgehead atoms. The van der Waals surface area contributed by atoms with Crippen molar-refractivity contribution in [3.63, 3.8) is 0 Å². The van der Waals surface area contributed by atoms with E-state index in [1.54, 1.807) is 61.7 Å². The number of carbonyl (C=O) groups excluding carboxylic acids is 2. The second kappa shape index (κ2) is 14.0. The summed E-state index contributed by atoms with van der Waals surface area (Å²) in [5, 5.41) is 2.89. The van der Waals surface area contributed by atoms with Crippen LogP contribution in [-0.2, 0) is 26.2 Å². The summed E-state index contributed by atoms with van der Waals surface area (Å²) in [4.78, 5) is 28.9. The SMILES string of the molecule is CCC(C(=O)NC(C)C)N(Cc1cccc(OC)c1)C(=O)CN(c1cccc(OC)c1)S(=O)(=O)c1ccc(C)cc1. The van der Waals surface area contributed by atoms with Crippen LogP contribution in [0.3, 0.4) is 0 Å². The number of nitrogens with zero attached hydrogens (tertiary/aromatic N) is 2. The highest BCUT2D eigenvalue weighted by molar-refractivity contribution is 7.92. The zero-order valence-electron chi connectivity index (χ0n) is 24.5. The van der Waals surface area contributed by atoms with E-state index in [-0.39, 0.29) is 29.1 Å². The molecule has 3 rings (SSSR count). The van der Waals surface area contributed by atoms with Crippen molar-refractivity contribution in [2.45, 2.75) is 57.6 Å². The Labute approximate surface area is 243 Å². The number of rotatable bonds is 13. The monoisotopic (exact) mass is 581 g/mol. The lowest BCUT2D eigenvalue weighted by Crippen LogP contribution is -2.53. The van der Waals surface area contributed by atoms with E-state index < -0.39 is 28.5 Å². The van der Waals surface area contributed by atoms with Gasteiger partial charge in [0.25, 0.3) is 10.0 Å². The third-order valence-corrected chi connectivity index (χ3v) is 8.32. The Bertz CT molecular complexity index is 1440. The maximum absolute atomic E-state index is 14.1. The lowest BCUT2D eigenvalue weighted by molar-refractivity contribution is -0.140.